The molecule has 0 atom stereocenters. The van der Waals surface area contributed by atoms with E-state index in [4.69, 9.17) is 15.2 Å². The summed E-state index contributed by atoms with van der Waals surface area (Å²) in [4.78, 5) is 0. The molecule has 2 rings (SSSR count). The molecule has 0 radical (unpaired) electrons. The summed E-state index contributed by atoms with van der Waals surface area (Å²) in [6, 6.07) is 2.43. The number of hydrogen-bond donors (Lipinski definition) is 1. The highest BCUT2D eigenvalue weighted by Crippen LogP contribution is 2.46. The van der Waals surface area contributed by atoms with Crippen molar-refractivity contribution in [2.24, 2.45) is 5.73 Å². The molecule has 0 saturated heterocycles. The van der Waals surface area contributed by atoms with Gasteiger partial charge in [-0.15, -0.1) is 0 Å². The molecule has 1 saturated carbocycles. The first-order valence-corrected chi connectivity index (χ1v) is 5.91. The molecule has 1 aliphatic rings. The lowest BCUT2D eigenvalue weighted by Gasteiger charge is -2.19. The van der Waals surface area contributed by atoms with E-state index in [9.17, 15) is 13.2 Å². The Morgan fingerprint density at radius 1 is 1.16 bits per heavy atom. The second-order valence-corrected chi connectivity index (χ2v) is 4.88. The first kappa shape index (κ1) is 14.0. The van der Waals surface area contributed by atoms with Crippen molar-refractivity contribution in [3.63, 3.8) is 0 Å². The molecule has 6 heteroatoms. The molecule has 0 unspecified atom stereocenters. The van der Waals surface area contributed by atoms with Crippen LogP contribution in [0.15, 0.2) is 12.1 Å². The van der Waals surface area contributed by atoms with Gasteiger partial charge in [-0.1, -0.05) is 6.07 Å². The second-order valence-electron chi connectivity index (χ2n) is 4.88. The fourth-order valence-corrected chi connectivity index (χ4v) is 2.11. The largest absolute Gasteiger partial charge is 0.493 e. The maximum absolute atomic E-state index is 12.9. The molecule has 3 nitrogen and oxygen atoms in total. The van der Waals surface area contributed by atoms with Gasteiger partial charge in [0.05, 0.1) is 14.2 Å². The SMILES string of the molecule is COc1c(CC2(N)CC2)ccc(C(F)(F)F)c1OC. The standard InChI is InChI=1S/C13H16F3NO2/c1-18-10-8(7-12(17)5-6-12)3-4-9(11(10)19-2)13(14,15)16/h3-4H,5-7,17H2,1-2H3. The van der Waals surface area contributed by atoms with E-state index in [0.29, 0.717) is 12.0 Å². The number of methoxy groups -OCH3 is 2. The second kappa shape index (κ2) is 4.59. The van der Waals surface area contributed by atoms with Crippen molar-refractivity contribution < 1.29 is 22.6 Å². The predicted octanol–water partition coefficient (Wildman–Crippen LogP) is 2.76. The zero-order valence-electron chi connectivity index (χ0n) is 10.8. The van der Waals surface area contributed by atoms with Gasteiger partial charge in [0, 0.05) is 5.54 Å². The Kier molecular flexibility index (Phi) is 3.38. The molecule has 106 valence electrons. The van der Waals surface area contributed by atoms with Gasteiger partial charge >= 0.3 is 6.18 Å². The molecule has 0 spiro atoms. The van der Waals surface area contributed by atoms with Gasteiger partial charge in [0.1, 0.15) is 5.56 Å². The minimum atomic E-state index is -4.48. The van der Waals surface area contributed by atoms with Crippen LogP contribution in [0.2, 0.25) is 0 Å². The molecular formula is C13H16F3NO2. The lowest BCUT2D eigenvalue weighted by Crippen LogP contribution is -2.25. The van der Waals surface area contributed by atoms with Gasteiger partial charge in [-0.05, 0) is 30.9 Å². The summed E-state index contributed by atoms with van der Waals surface area (Å²) >= 11 is 0. The van der Waals surface area contributed by atoms with Gasteiger partial charge in [0.2, 0.25) is 0 Å². The highest BCUT2D eigenvalue weighted by molar-refractivity contribution is 5.53. The van der Waals surface area contributed by atoms with Crippen LogP contribution in [0, 0.1) is 0 Å². The molecule has 0 bridgehead atoms. The first-order chi connectivity index (χ1) is 8.80. The van der Waals surface area contributed by atoms with E-state index < -0.39 is 11.7 Å². The molecule has 0 aliphatic heterocycles. The van der Waals surface area contributed by atoms with Gasteiger partial charge < -0.3 is 15.2 Å². The van der Waals surface area contributed by atoms with Crippen molar-refractivity contribution in [3.8, 4) is 11.5 Å². The maximum Gasteiger partial charge on any atom is 0.420 e. The minimum Gasteiger partial charge on any atom is -0.493 e. The summed E-state index contributed by atoms with van der Waals surface area (Å²) in [5.74, 6) is -0.161. The number of hydrogen-bond acceptors (Lipinski definition) is 3. The first-order valence-electron chi connectivity index (χ1n) is 5.91. The molecular weight excluding hydrogens is 259 g/mol. The molecule has 19 heavy (non-hydrogen) atoms. The fourth-order valence-electron chi connectivity index (χ4n) is 2.11. The van der Waals surface area contributed by atoms with E-state index in [1.54, 1.807) is 0 Å². The zero-order valence-corrected chi connectivity index (χ0v) is 10.8. The topological polar surface area (TPSA) is 44.5 Å². The van der Waals surface area contributed by atoms with Crippen molar-refractivity contribution in [2.45, 2.75) is 31.0 Å². The summed E-state index contributed by atoms with van der Waals surface area (Å²) in [6.07, 6.45) is -2.24. The summed E-state index contributed by atoms with van der Waals surface area (Å²) in [5, 5.41) is 0. The monoisotopic (exact) mass is 275 g/mol. The Morgan fingerprint density at radius 3 is 2.16 bits per heavy atom. The third kappa shape index (κ3) is 2.78. The lowest BCUT2D eigenvalue weighted by molar-refractivity contribution is -0.138. The van der Waals surface area contributed by atoms with Crippen molar-refractivity contribution in [1.29, 1.82) is 0 Å². The van der Waals surface area contributed by atoms with Crippen LogP contribution >= 0.6 is 0 Å². The minimum absolute atomic E-state index is 0.119. The lowest BCUT2D eigenvalue weighted by atomic mass is 10.0. The van der Waals surface area contributed by atoms with E-state index in [0.717, 1.165) is 18.9 Å². The maximum atomic E-state index is 12.9. The zero-order chi connectivity index (χ0) is 14.3. The normalized spacial score (nSPS) is 17.2. The molecule has 2 N–H and O–H groups in total. The number of rotatable bonds is 4. The third-order valence-electron chi connectivity index (χ3n) is 3.34. The molecule has 0 amide bonds. The quantitative estimate of drug-likeness (QED) is 0.919. The average molecular weight is 275 g/mol. The molecule has 0 heterocycles. The van der Waals surface area contributed by atoms with Crippen LogP contribution in [0.25, 0.3) is 0 Å². The molecule has 1 aromatic carbocycles. The average Bonchev–Trinajstić information content (AvgIpc) is 3.04. The Bertz CT molecular complexity index is 482. The number of benzene rings is 1. The van der Waals surface area contributed by atoms with E-state index in [1.165, 1.54) is 20.3 Å². The van der Waals surface area contributed by atoms with Crippen molar-refractivity contribution in [3.05, 3.63) is 23.3 Å². The van der Waals surface area contributed by atoms with E-state index in [2.05, 4.69) is 0 Å². The Morgan fingerprint density at radius 2 is 1.74 bits per heavy atom. The van der Waals surface area contributed by atoms with Crippen molar-refractivity contribution in [2.75, 3.05) is 14.2 Å². The van der Waals surface area contributed by atoms with Gasteiger partial charge in [0.15, 0.2) is 11.5 Å². The summed E-state index contributed by atoms with van der Waals surface area (Å²) in [7, 11) is 2.53. The van der Waals surface area contributed by atoms with Crippen molar-refractivity contribution >= 4 is 0 Å². The molecule has 1 aromatic rings. The van der Waals surface area contributed by atoms with Crippen LogP contribution in [0.5, 0.6) is 11.5 Å². The number of ether oxygens (including phenoxy) is 2. The summed E-state index contributed by atoms with van der Waals surface area (Å²) < 4.78 is 48.6. The van der Waals surface area contributed by atoms with Crippen LogP contribution in [-0.2, 0) is 12.6 Å². The smallest absolute Gasteiger partial charge is 0.420 e. The fraction of sp³-hybridized carbons (Fsp3) is 0.538. The highest BCUT2D eigenvalue weighted by Gasteiger charge is 2.41. The number of nitrogens with two attached hydrogens (primary N) is 1. The summed E-state index contributed by atoms with van der Waals surface area (Å²) in [6.45, 7) is 0. The number of alkyl halides is 3. The summed E-state index contributed by atoms with van der Waals surface area (Å²) in [5.41, 5.74) is 5.50. The Labute approximate surface area is 109 Å². The van der Waals surface area contributed by atoms with Crippen molar-refractivity contribution in [1.82, 2.24) is 0 Å². The van der Waals surface area contributed by atoms with Crippen LogP contribution < -0.4 is 15.2 Å². The molecule has 1 fully saturated rings. The highest BCUT2D eigenvalue weighted by atomic mass is 19.4. The van der Waals surface area contributed by atoms with Crippen LogP contribution in [-0.4, -0.2) is 19.8 Å². The van der Waals surface area contributed by atoms with Crippen LogP contribution in [0.4, 0.5) is 13.2 Å². The van der Waals surface area contributed by atoms with Crippen LogP contribution in [0.1, 0.15) is 24.0 Å². The molecule has 0 aromatic heterocycles. The predicted molar refractivity (Wildman–Crippen MR) is 64.4 cm³/mol. The van der Waals surface area contributed by atoms with Gasteiger partial charge in [-0.2, -0.15) is 13.2 Å². The van der Waals surface area contributed by atoms with Gasteiger partial charge in [-0.3, -0.25) is 0 Å². The van der Waals surface area contributed by atoms with E-state index in [1.807, 2.05) is 0 Å². The van der Waals surface area contributed by atoms with Gasteiger partial charge in [-0.25, -0.2) is 0 Å². The van der Waals surface area contributed by atoms with E-state index in [-0.39, 0.29) is 17.0 Å². The number of halogens is 3. The molecule has 1 aliphatic carbocycles. The Balaban J connectivity index is 2.47. The van der Waals surface area contributed by atoms with Gasteiger partial charge in [0.25, 0.3) is 0 Å². The van der Waals surface area contributed by atoms with E-state index >= 15 is 0 Å². The Hall–Kier alpha value is -1.43. The third-order valence-corrected chi connectivity index (χ3v) is 3.34. The van der Waals surface area contributed by atoms with Crippen LogP contribution in [0.3, 0.4) is 0 Å².